The minimum absolute atomic E-state index is 0.272. The van der Waals surface area contributed by atoms with E-state index in [1.54, 1.807) is 49.4 Å². The number of anilines is 1. The van der Waals surface area contributed by atoms with Crippen molar-refractivity contribution in [3.05, 3.63) is 58.6 Å². The third-order valence-electron chi connectivity index (χ3n) is 3.30. The summed E-state index contributed by atoms with van der Waals surface area (Å²) in [4.78, 5) is 34.3. The molecule has 0 aliphatic rings. The molecule has 0 bridgehead atoms. The normalized spacial score (nSPS) is 10.0. The van der Waals surface area contributed by atoms with E-state index in [1.165, 1.54) is 0 Å². The first-order valence-electron chi connectivity index (χ1n) is 7.39. The minimum atomic E-state index is -0.723. The number of hydrogen-bond donors (Lipinski definition) is 1. The number of hydrogen-bond acceptors (Lipinski definition) is 5. The van der Waals surface area contributed by atoms with Crippen LogP contribution < -0.4 is 10.1 Å². The van der Waals surface area contributed by atoms with Gasteiger partial charge < -0.3 is 14.8 Å². The number of ether oxygens (including phenoxy) is 2. The molecule has 25 heavy (non-hydrogen) atoms. The Morgan fingerprint density at radius 2 is 1.88 bits per heavy atom. The highest BCUT2D eigenvalue weighted by Crippen LogP contribution is 2.22. The number of rotatable bonds is 7. The first-order valence-corrected chi connectivity index (χ1v) is 7.76. The van der Waals surface area contributed by atoms with Gasteiger partial charge in [-0.1, -0.05) is 29.8 Å². The fourth-order valence-corrected chi connectivity index (χ4v) is 2.14. The van der Waals surface area contributed by atoms with Gasteiger partial charge >= 0.3 is 5.97 Å². The van der Waals surface area contributed by atoms with E-state index < -0.39 is 25.1 Å². The Morgan fingerprint density at radius 3 is 2.64 bits per heavy atom. The molecule has 0 heterocycles. The van der Waals surface area contributed by atoms with Gasteiger partial charge in [0.2, 0.25) is 0 Å². The van der Waals surface area contributed by atoms with Crippen LogP contribution in [0.1, 0.15) is 15.9 Å². The second-order valence-corrected chi connectivity index (χ2v) is 5.47. The van der Waals surface area contributed by atoms with Crippen molar-refractivity contribution in [3.8, 4) is 5.75 Å². The van der Waals surface area contributed by atoms with Crippen LogP contribution in [0.15, 0.2) is 42.5 Å². The van der Waals surface area contributed by atoms with Crippen LogP contribution in [0.2, 0.25) is 5.02 Å². The fraction of sp³-hybridized carbons (Fsp3) is 0.167. The molecule has 2 rings (SSSR count). The highest BCUT2D eigenvalue weighted by Gasteiger charge is 2.11. The Labute approximate surface area is 149 Å². The molecule has 130 valence electrons. The monoisotopic (exact) mass is 361 g/mol. The van der Waals surface area contributed by atoms with Gasteiger partial charge in [0, 0.05) is 10.7 Å². The van der Waals surface area contributed by atoms with Crippen molar-refractivity contribution in [2.24, 2.45) is 0 Å². The molecule has 6 nitrogen and oxygen atoms in total. The highest BCUT2D eigenvalue weighted by molar-refractivity contribution is 6.31. The van der Waals surface area contributed by atoms with Gasteiger partial charge in [0.15, 0.2) is 19.5 Å². The summed E-state index contributed by atoms with van der Waals surface area (Å²) in [7, 11) is 0. The van der Waals surface area contributed by atoms with E-state index in [2.05, 4.69) is 5.32 Å². The molecule has 0 aliphatic carbocycles. The summed E-state index contributed by atoms with van der Waals surface area (Å²) in [6.45, 7) is 0.903. The van der Waals surface area contributed by atoms with Crippen molar-refractivity contribution in [1.29, 1.82) is 0 Å². The van der Waals surface area contributed by atoms with Crippen LogP contribution >= 0.6 is 11.6 Å². The second-order valence-electron chi connectivity index (χ2n) is 5.07. The summed E-state index contributed by atoms with van der Waals surface area (Å²) >= 11 is 5.97. The number of halogens is 1. The molecule has 1 N–H and O–H groups in total. The van der Waals surface area contributed by atoms with Crippen LogP contribution in [0.25, 0.3) is 0 Å². The lowest BCUT2D eigenvalue weighted by Crippen LogP contribution is -2.24. The minimum Gasteiger partial charge on any atom is -0.481 e. The number of esters is 1. The number of carbonyl (C=O) groups is 3. The molecule has 0 aliphatic heterocycles. The average Bonchev–Trinajstić information content (AvgIpc) is 2.62. The second kappa shape index (κ2) is 8.84. The lowest BCUT2D eigenvalue weighted by atomic mass is 10.2. The molecule has 7 heteroatoms. The van der Waals surface area contributed by atoms with Crippen molar-refractivity contribution in [2.75, 3.05) is 18.5 Å². The lowest BCUT2D eigenvalue weighted by Gasteiger charge is -2.10. The van der Waals surface area contributed by atoms with Crippen molar-refractivity contribution in [1.82, 2.24) is 0 Å². The zero-order valence-electron chi connectivity index (χ0n) is 13.5. The molecule has 0 saturated carbocycles. The summed E-state index contributed by atoms with van der Waals surface area (Å²) in [5.74, 6) is -0.945. The van der Waals surface area contributed by atoms with Crippen LogP contribution in [0.5, 0.6) is 5.75 Å². The number of aldehydes is 1. The molecule has 2 aromatic rings. The molecular weight excluding hydrogens is 346 g/mol. The van der Waals surface area contributed by atoms with Crippen molar-refractivity contribution in [3.63, 3.8) is 0 Å². The smallest absolute Gasteiger partial charge is 0.344 e. The molecule has 1 amide bonds. The quantitative estimate of drug-likeness (QED) is 0.605. The molecular formula is C18H16ClNO5. The van der Waals surface area contributed by atoms with Gasteiger partial charge in [-0.05, 0) is 36.8 Å². The molecule has 0 radical (unpaired) electrons. The van der Waals surface area contributed by atoms with Crippen molar-refractivity contribution in [2.45, 2.75) is 6.92 Å². The van der Waals surface area contributed by atoms with Crippen LogP contribution in [0.4, 0.5) is 5.69 Å². The van der Waals surface area contributed by atoms with Gasteiger partial charge in [-0.25, -0.2) is 4.79 Å². The number of para-hydroxylation sites is 1. The maximum absolute atomic E-state index is 11.8. The van der Waals surface area contributed by atoms with Gasteiger partial charge in [0.25, 0.3) is 5.91 Å². The third-order valence-corrected chi connectivity index (χ3v) is 3.71. The SMILES string of the molecule is Cc1c(Cl)cccc1NC(=O)COC(=O)COc1ccccc1C=O. The molecule has 0 atom stereocenters. The predicted octanol–water partition coefficient (Wildman–Crippen LogP) is 3.02. The van der Waals surface area contributed by atoms with Gasteiger partial charge in [0.1, 0.15) is 5.75 Å². The van der Waals surface area contributed by atoms with E-state index >= 15 is 0 Å². The maximum Gasteiger partial charge on any atom is 0.344 e. The Balaban J connectivity index is 1.80. The Kier molecular flexibility index (Phi) is 6.54. The van der Waals surface area contributed by atoms with Gasteiger partial charge in [-0.2, -0.15) is 0 Å². The van der Waals surface area contributed by atoms with Crippen LogP contribution in [-0.2, 0) is 14.3 Å². The van der Waals surface area contributed by atoms with Crippen LogP contribution in [-0.4, -0.2) is 31.4 Å². The molecule has 0 spiro atoms. The third kappa shape index (κ3) is 5.32. The van der Waals surface area contributed by atoms with Gasteiger partial charge in [-0.15, -0.1) is 0 Å². The summed E-state index contributed by atoms with van der Waals surface area (Å²) in [5, 5.41) is 3.14. The van der Waals surface area contributed by atoms with E-state index in [4.69, 9.17) is 21.1 Å². The summed E-state index contributed by atoms with van der Waals surface area (Å²) in [5.41, 5.74) is 1.59. The Morgan fingerprint density at radius 1 is 1.12 bits per heavy atom. The fourth-order valence-electron chi connectivity index (χ4n) is 1.96. The molecule has 0 unspecified atom stereocenters. The maximum atomic E-state index is 11.8. The van der Waals surface area contributed by atoms with E-state index in [-0.39, 0.29) is 5.75 Å². The zero-order chi connectivity index (χ0) is 18.2. The van der Waals surface area contributed by atoms with E-state index in [0.717, 1.165) is 5.56 Å². The number of nitrogens with one attached hydrogen (secondary N) is 1. The first-order chi connectivity index (χ1) is 12.0. The molecule has 0 aromatic heterocycles. The molecule has 0 saturated heterocycles. The standard InChI is InChI=1S/C18H16ClNO5/c1-12-14(19)6-4-7-15(12)20-17(22)10-25-18(23)11-24-16-8-3-2-5-13(16)9-21/h2-9H,10-11H2,1H3,(H,20,22). The molecule has 0 fully saturated rings. The van der Waals surface area contributed by atoms with Crippen LogP contribution in [0.3, 0.4) is 0 Å². The van der Waals surface area contributed by atoms with Gasteiger partial charge in [-0.3, -0.25) is 9.59 Å². The Hall–Kier alpha value is -2.86. The number of benzene rings is 2. The largest absolute Gasteiger partial charge is 0.481 e. The van der Waals surface area contributed by atoms with E-state index in [1.807, 2.05) is 0 Å². The predicted molar refractivity (Wildman–Crippen MR) is 93.1 cm³/mol. The lowest BCUT2D eigenvalue weighted by molar-refractivity contribution is -0.149. The summed E-state index contributed by atoms with van der Waals surface area (Å²) in [6, 6.07) is 11.6. The van der Waals surface area contributed by atoms with Gasteiger partial charge in [0.05, 0.1) is 5.56 Å². The van der Waals surface area contributed by atoms with E-state index in [0.29, 0.717) is 22.6 Å². The van der Waals surface area contributed by atoms with Crippen LogP contribution in [0, 0.1) is 6.92 Å². The summed E-state index contributed by atoms with van der Waals surface area (Å²) in [6.07, 6.45) is 0.626. The number of amides is 1. The Bertz CT molecular complexity index is 791. The van der Waals surface area contributed by atoms with Crippen molar-refractivity contribution >= 4 is 35.5 Å². The highest BCUT2D eigenvalue weighted by atomic mass is 35.5. The first kappa shape index (κ1) is 18.5. The molecule has 2 aromatic carbocycles. The number of carbonyl (C=O) groups excluding carboxylic acids is 3. The zero-order valence-corrected chi connectivity index (χ0v) is 14.2. The topological polar surface area (TPSA) is 81.7 Å². The average molecular weight is 362 g/mol. The van der Waals surface area contributed by atoms with Crippen molar-refractivity contribution < 1.29 is 23.9 Å². The summed E-state index contributed by atoms with van der Waals surface area (Å²) < 4.78 is 10.1. The van der Waals surface area contributed by atoms with E-state index in [9.17, 15) is 14.4 Å².